The van der Waals surface area contributed by atoms with Crippen LogP contribution >= 0.6 is 0 Å². The maximum atomic E-state index is 10.8. The summed E-state index contributed by atoms with van der Waals surface area (Å²) in [5, 5.41) is 10.8. The lowest BCUT2D eigenvalue weighted by atomic mass is 9.92. The standard InChI is InChI=1S/C17H27N3O/c1-18-9-5-8-17(21,14-18)15-19-10-12-20(13-11-19)16-6-3-2-4-7-16/h2-4,6-7,21H,5,8-15H2,1H3. The van der Waals surface area contributed by atoms with E-state index in [0.29, 0.717) is 0 Å². The molecule has 4 heteroatoms. The summed E-state index contributed by atoms with van der Waals surface area (Å²) in [5.74, 6) is 0. The Kier molecular flexibility index (Phi) is 4.48. The molecule has 2 aliphatic rings. The maximum Gasteiger partial charge on any atom is 0.0900 e. The van der Waals surface area contributed by atoms with Crippen LogP contribution in [0.1, 0.15) is 12.8 Å². The van der Waals surface area contributed by atoms with Crippen LogP contribution in [0.5, 0.6) is 0 Å². The van der Waals surface area contributed by atoms with Crippen LogP contribution in [-0.4, -0.2) is 73.4 Å². The molecule has 0 saturated carbocycles. The monoisotopic (exact) mass is 289 g/mol. The predicted octanol–water partition coefficient (Wildman–Crippen LogP) is 1.27. The number of nitrogens with zero attached hydrogens (tertiary/aromatic N) is 3. The first-order valence-electron chi connectivity index (χ1n) is 8.08. The molecule has 1 aromatic carbocycles. The van der Waals surface area contributed by atoms with E-state index >= 15 is 0 Å². The van der Waals surface area contributed by atoms with Gasteiger partial charge in [-0.05, 0) is 38.6 Å². The summed E-state index contributed by atoms with van der Waals surface area (Å²) in [5.41, 5.74) is 0.801. The normalized spacial score (nSPS) is 28.8. The number of piperazine rings is 1. The molecule has 2 saturated heterocycles. The Labute approximate surface area is 128 Å². The largest absolute Gasteiger partial charge is 0.387 e. The first-order valence-corrected chi connectivity index (χ1v) is 8.08. The van der Waals surface area contributed by atoms with Gasteiger partial charge in [-0.15, -0.1) is 0 Å². The van der Waals surface area contributed by atoms with Crippen LogP contribution in [0, 0.1) is 0 Å². The second-order valence-corrected chi connectivity index (χ2v) is 6.66. The number of likely N-dealkylation sites (tertiary alicyclic amines) is 1. The Hall–Kier alpha value is -1.10. The lowest BCUT2D eigenvalue weighted by molar-refractivity contribution is -0.0478. The summed E-state index contributed by atoms with van der Waals surface area (Å²) < 4.78 is 0. The molecule has 1 atom stereocenters. The molecular weight excluding hydrogens is 262 g/mol. The topological polar surface area (TPSA) is 30.0 Å². The fourth-order valence-corrected chi connectivity index (χ4v) is 3.69. The maximum absolute atomic E-state index is 10.8. The van der Waals surface area contributed by atoms with Crippen LogP contribution in [0.25, 0.3) is 0 Å². The van der Waals surface area contributed by atoms with Crippen molar-refractivity contribution in [3.05, 3.63) is 30.3 Å². The quantitative estimate of drug-likeness (QED) is 0.907. The minimum atomic E-state index is -0.512. The zero-order chi connectivity index (χ0) is 14.7. The molecule has 1 N–H and O–H groups in total. The van der Waals surface area contributed by atoms with Crippen molar-refractivity contribution in [3.8, 4) is 0 Å². The van der Waals surface area contributed by atoms with Crippen molar-refractivity contribution >= 4 is 5.69 Å². The van der Waals surface area contributed by atoms with Crippen LogP contribution < -0.4 is 4.90 Å². The van der Waals surface area contributed by atoms with E-state index in [0.717, 1.165) is 58.7 Å². The Morgan fingerprint density at radius 3 is 2.43 bits per heavy atom. The molecule has 4 nitrogen and oxygen atoms in total. The summed E-state index contributed by atoms with van der Waals surface area (Å²) in [6.07, 6.45) is 2.05. The second-order valence-electron chi connectivity index (χ2n) is 6.66. The van der Waals surface area contributed by atoms with Crippen molar-refractivity contribution in [3.63, 3.8) is 0 Å². The molecule has 116 valence electrons. The molecule has 0 spiro atoms. The third-order valence-electron chi connectivity index (χ3n) is 4.76. The first-order chi connectivity index (χ1) is 10.1. The molecule has 0 radical (unpaired) electrons. The Morgan fingerprint density at radius 2 is 1.76 bits per heavy atom. The van der Waals surface area contributed by atoms with Gasteiger partial charge >= 0.3 is 0 Å². The molecule has 2 fully saturated rings. The Balaban J connectivity index is 1.52. The van der Waals surface area contributed by atoms with Crippen molar-refractivity contribution in [2.75, 3.05) is 57.8 Å². The number of rotatable bonds is 3. The van der Waals surface area contributed by atoms with E-state index in [1.807, 2.05) is 0 Å². The third kappa shape index (κ3) is 3.76. The van der Waals surface area contributed by atoms with E-state index in [4.69, 9.17) is 0 Å². The van der Waals surface area contributed by atoms with Gasteiger partial charge in [0.1, 0.15) is 0 Å². The number of β-amino-alcohol motifs (C(OH)–C–C–N with tert-alkyl or cyclic N) is 1. The summed E-state index contributed by atoms with van der Waals surface area (Å²) in [4.78, 5) is 7.12. The van der Waals surface area contributed by atoms with E-state index in [9.17, 15) is 5.11 Å². The zero-order valence-electron chi connectivity index (χ0n) is 13.0. The van der Waals surface area contributed by atoms with Gasteiger partial charge in [-0.1, -0.05) is 18.2 Å². The predicted molar refractivity (Wildman–Crippen MR) is 86.8 cm³/mol. The van der Waals surface area contributed by atoms with E-state index < -0.39 is 5.60 Å². The molecule has 1 unspecified atom stereocenters. The average molecular weight is 289 g/mol. The van der Waals surface area contributed by atoms with Gasteiger partial charge in [0.05, 0.1) is 5.60 Å². The molecule has 1 aromatic rings. The SMILES string of the molecule is CN1CCCC(O)(CN2CCN(c3ccccc3)CC2)C1. The lowest BCUT2D eigenvalue weighted by Crippen LogP contribution is -2.56. The highest BCUT2D eigenvalue weighted by Crippen LogP contribution is 2.23. The summed E-state index contributed by atoms with van der Waals surface area (Å²) in [6, 6.07) is 10.6. The molecule has 2 aliphatic heterocycles. The van der Waals surface area contributed by atoms with Crippen LogP contribution in [0.3, 0.4) is 0 Å². The van der Waals surface area contributed by atoms with Gasteiger partial charge in [0.15, 0.2) is 0 Å². The fraction of sp³-hybridized carbons (Fsp3) is 0.647. The smallest absolute Gasteiger partial charge is 0.0900 e. The van der Waals surface area contributed by atoms with Gasteiger partial charge in [-0.3, -0.25) is 4.90 Å². The number of para-hydroxylation sites is 1. The lowest BCUT2D eigenvalue weighted by Gasteiger charge is -2.43. The van der Waals surface area contributed by atoms with Crippen molar-refractivity contribution in [1.29, 1.82) is 0 Å². The molecule has 2 heterocycles. The first kappa shape index (κ1) is 14.8. The van der Waals surface area contributed by atoms with E-state index in [2.05, 4.69) is 52.1 Å². The number of likely N-dealkylation sites (N-methyl/N-ethyl adjacent to an activating group) is 1. The van der Waals surface area contributed by atoms with Crippen LogP contribution in [0.15, 0.2) is 30.3 Å². The van der Waals surface area contributed by atoms with Gasteiger partial charge < -0.3 is 14.9 Å². The number of piperidine rings is 1. The molecule has 0 aliphatic carbocycles. The average Bonchev–Trinajstić information content (AvgIpc) is 2.48. The minimum absolute atomic E-state index is 0.512. The number of benzene rings is 1. The van der Waals surface area contributed by atoms with Gasteiger partial charge in [-0.25, -0.2) is 0 Å². The number of hydrogen-bond donors (Lipinski definition) is 1. The molecule has 0 bridgehead atoms. The summed E-state index contributed by atoms with van der Waals surface area (Å²) in [6.45, 7) is 6.93. The van der Waals surface area contributed by atoms with Gasteiger partial charge in [0.2, 0.25) is 0 Å². The third-order valence-corrected chi connectivity index (χ3v) is 4.76. The second kappa shape index (κ2) is 6.34. The highest BCUT2D eigenvalue weighted by Gasteiger charge is 2.34. The summed E-state index contributed by atoms with van der Waals surface area (Å²) >= 11 is 0. The molecule has 0 amide bonds. The summed E-state index contributed by atoms with van der Waals surface area (Å²) in [7, 11) is 2.11. The van der Waals surface area contributed by atoms with E-state index in [-0.39, 0.29) is 0 Å². The van der Waals surface area contributed by atoms with Gasteiger partial charge in [0.25, 0.3) is 0 Å². The van der Waals surface area contributed by atoms with Crippen molar-refractivity contribution in [2.24, 2.45) is 0 Å². The number of anilines is 1. The Bertz CT molecular complexity index is 445. The highest BCUT2D eigenvalue weighted by atomic mass is 16.3. The van der Waals surface area contributed by atoms with Gasteiger partial charge in [-0.2, -0.15) is 0 Å². The highest BCUT2D eigenvalue weighted by molar-refractivity contribution is 5.46. The zero-order valence-corrected chi connectivity index (χ0v) is 13.0. The van der Waals surface area contributed by atoms with Crippen LogP contribution in [0.2, 0.25) is 0 Å². The number of aliphatic hydroxyl groups is 1. The minimum Gasteiger partial charge on any atom is -0.387 e. The fourth-order valence-electron chi connectivity index (χ4n) is 3.69. The molecule has 21 heavy (non-hydrogen) atoms. The van der Waals surface area contributed by atoms with Crippen LogP contribution in [0.4, 0.5) is 5.69 Å². The molecular formula is C17H27N3O. The van der Waals surface area contributed by atoms with Crippen molar-refractivity contribution in [2.45, 2.75) is 18.4 Å². The van der Waals surface area contributed by atoms with Gasteiger partial charge in [0, 0.05) is 45.0 Å². The molecule has 0 aromatic heterocycles. The van der Waals surface area contributed by atoms with E-state index in [1.165, 1.54) is 5.69 Å². The van der Waals surface area contributed by atoms with Crippen molar-refractivity contribution in [1.82, 2.24) is 9.80 Å². The Morgan fingerprint density at radius 1 is 1.05 bits per heavy atom. The number of hydrogen-bond acceptors (Lipinski definition) is 4. The molecule has 3 rings (SSSR count). The van der Waals surface area contributed by atoms with Crippen molar-refractivity contribution < 1.29 is 5.11 Å². The van der Waals surface area contributed by atoms with E-state index in [1.54, 1.807) is 0 Å². The van der Waals surface area contributed by atoms with Crippen LogP contribution in [-0.2, 0) is 0 Å².